The second kappa shape index (κ2) is 5.58. The van der Waals surface area contributed by atoms with Crippen molar-refractivity contribution in [2.75, 3.05) is 6.54 Å². The molecule has 1 atom stereocenters. The number of hydrogen-bond acceptors (Lipinski definition) is 3. The van der Waals surface area contributed by atoms with E-state index in [-0.39, 0.29) is 17.1 Å². The summed E-state index contributed by atoms with van der Waals surface area (Å²) in [6.07, 6.45) is 0.365. The molecule has 1 aliphatic rings. The minimum absolute atomic E-state index is 0.0525. The van der Waals surface area contributed by atoms with E-state index < -0.39 is 29.6 Å². The molecule has 0 saturated carbocycles. The van der Waals surface area contributed by atoms with Gasteiger partial charge in [-0.1, -0.05) is 18.5 Å². The second-order valence-corrected chi connectivity index (χ2v) is 4.80. The van der Waals surface area contributed by atoms with Crippen molar-refractivity contribution in [3.05, 3.63) is 34.6 Å². The van der Waals surface area contributed by atoms with Crippen molar-refractivity contribution in [1.29, 1.82) is 0 Å². The maximum absolute atomic E-state index is 13.0. The van der Waals surface area contributed by atoms with Crippen LogP contribution in [0.1, 0.15) is 23.7 Å². The first-order chi connectivity index (χ1) is 9.43. The Bertz CT molecular complexity index is 591. The smallest absolute Gasteiger partial charge is 0.256 e. The highest BCUT2D eigenvalue weighted by atomic mass is 35.5. The molecule has 20 heavy (non-hydrogen) atoms. The summed E-state index contributed by atoms with van der Waals surface area (Å²) in [6.45, 7) is 1.50. The van der Waals surface area contributed by atoms with Gasteiger partial charge in [-0.25, -0.2) is 4.39 Å². The van der Waals surface area contributed by atoms with Crippen molar-refractivity contribution in [2.24, 2.45) is 0 Å². The summed E-state index contributed by atoms with van der Waals surface area (Å²) in [5.74, 6) is -2.20. The molecule has 1 aromatic carbocycles. The zero-order valence-corrected chi connectivity index (χ0v) is 11.4. The van der Waals surface area contributed by atoms with Crippen molar-refractivity contribution in [1.82, 2.24) is 10.2 Å². The molecule has 7 heteroatoms. The summed E-state index contributed by atoms with van der Waals surface area (Å²) in [7, 11) is 0. The number of amides is 3. The molecule has 5 nitrogen and oxygen atoms in total. The topological polar surface area (TPSA) is 66.5 Å². The number of halogens is 2. The van der Waals surface area contributed by atoms with Gasteiger partial charge in [0.1, 0.15) is 18.4 Å². The van der Waals surface area contributed by atoms with Crippen LogP contribution in [-0.4, -0.2) is 35.2 Å². The fraction of sp³-hybridized carbons (Fsp3) is 0.308. The van der Waals surface area contributed by atoms with Gasteiger partial charge in [0, 0.05) is 0 Å². The van der Waals surface area contributed by atoms with Gasteiger partial charge < -0.3 is 4.90 Å². The molecule has 3 amide bonds. The third-order valence-corrected chi connectivity index (χ3v) is 3.38. The predicted octanol–water partition coefficient (Wildman–Crippen LogP) is 1.36. The van der Waals surface area contributed by atoms with Gasteiger partial charge in [0.05, 0.1) is 10.6 Å². The fourth-order valence-electron chi connectivity index (χ4n) is 2.10. The summed E-state index contributed by atoms with van der Waals surface area (Å²) in [5.41, 5.74) is 0.0639. The Morgan fingerprint density at radius 1 is 1.50 bits per heavy atom. The number of piperazine rings is 1. The molecule has 1 aromatic rings. The van der Waals surface area contributed by atoms with E-state index in [9.17, 15) is 18.8 Å². The van der Waals surface area contributed by atoms with Gasteiger partial charge in [0.2, 0.25) is 11.8 Å². The zero-order chi connectivity index (χ0) is 14.9. The van der Waals surface area contributed by atoms with E-state index in [1.807, 2.05) is 0 Å². The predicted molar refractivity (Wildman–Crippen MR) is 69.7 cm³/mol. The van der Waals surface area contributed by atoms with E-state index in [0.29, 0.717) is 6.42 Å². The second-order valence-electron chi connectivity index (χ2n) is 4.39. The van der Waals surface area contributed by atoms with Crippen LogP contribution in [-0.2, 0) is 9.59 Å². The van der Waals surface area contributed by atoms with Crippen molar-refractivity contribution in [3.63, 3.8) is 0 Å². The van der Waals surface area contributed by atoms with Crippen molar-refractivity contribution in [2.45, 2.75) is 19.4 Å². The van der Waals surface area contributed by atoms with Gasteiger partial charge in [-0.3, -0.25) is 19.7 Å². The number of carbonyl (C=O) groups excluding carboxylic acids is 3. The molecule has 1 fully saturated rings. The van der Waals surface area contributed by atoms with Crippen LogP contribution in [0.15, 0.2) is 18.2 Å². The molecular weight excluding hydrogens is 287 g/mol. The number of nitrogens with one attached hydrogen (secondary N) is 1. The van der Waals surface area contributed by atoms with E-state index in [0.717, 1.165) is 17.0 Å². The van der Waals surface area contributed by atoms with E-state index in [1.165, 1.54) is 6.07 Å². The third-order valence-electron chi connectivity index (χ3n) is 3.06. The largest absolute Gasteiger partial charge is 0.317 e. The fourth-order valence-corrected chi connectivity index (χ4v) is 2.35. The summed E-state index contributed by atoms with van der Waals surface area (Å²) < 4.78 is 13.0. The highest BCUT2D eigenvalue weighted by Gasteiger charge is 2.36. The Hall–Kier alpha value is -1.95. The summed E-state index contributed by atoms with van der Waals surface area (Å²) in [5, 5.41) is 2.12. The van der Waals surface area contributed by atoms with Crippen LogP contribution in [0, 0.1) is 5.82 Å². The number of nitrogens with zero attached hydrogens (tertiary/aromatic N) is 1. The van der Waals surface area contributed by atoms with Crippen LogP contribution in [0.4, 0.5) is 4.39 Å². The van der Waals surface area contributed by atoms with E-state index in [2.05, 4.69) is 5.32 Å². The molecule has 106 valence electrons. The zero-order valence-electron chi connectivity index (χ0n) is 10.7. The Morgan fingerprint density at radius 3 is 2.80 bits per heavy atom. The molecule has 2 rings (SSSR count). The lowest BCUT2D eigenvalue weighted by Gasteiger charge is -2.33. The normalized spacial score (nSPS) is 18.9. The number of benzene rings is 1. The Labute approximate surface area is 119 Å². The van der Waals surface area contributed by atoms with Crippen LogP contribution in [0.25, 0.3) is 0 Å². The Morgan fingerprint density at radius 2 is 2.20 bits per heavy atom. The van der Waals surface area contributed by atoms with Gasteiger partial charge in [0.25, 0.3) is 5.91 Å². The molecule has 1 saturated heterocycles. The highest BCUT2D eigenvalue weighted by Crippen LogP contribution is 2.21. The maximum Gasteiger partial charge on any atom is 0.256 e. The first-order valence-corrected chi connectivity index (χ1v) is 6.41. The lowest BCUT2D eigenvalue weighted by molar-refractivity contribution is -0.138. The molecular formula is C13H12ClFN2O3. The van der Waals surface area contributed by atoms with Crippen LogP contribution in [0.2, 0.25) is 5.02 Å². The van der Waals surface area contributed by atoms with Crippen molar-refractivity contribution in [3.8, 4) is 0 Å². The minimum Gasteiger partial charge on any atom is -0.317 e. The average Bonchev–Trinajstić information content (AvgIpc) is 2.37. The van der Waals surface area contributed by atoms with Crippen LogP contribution >= 0.6 is 11.6 Å². The molecule has 1 aliphatic heterocycles. The maximum atomic E-state index is 13.0. The standard InChI is InChI=1S/C13H12ClFN2O3/c1-2-10-12(19)16-11(18)6-17(10)13(20)8-4-3-7(15)5-9(8)14/h3-5,10H,2,6H2,1H3,(H,16,18,19). The molecule has 0 radical (unpaired) electrons. The summed E-state index contributed by atoms with van der Waals surface area (Å²) in [4.78, 5) is 36.6. The van der Waals surface area contributed by atoms with E-state index >= 15 is 0 Å². The summed E-state index contributed by atoms with van der Waals surface area (Å²) in [6, 6.07) is 2.62. The molecule has 1 heterocycles. The van der Waals surface area contributed by atoms with Gasteiger partial charge in [-0.15, -0.1) is 0 Å². The van der Waals surface area contributed by atoms with Crippen LogP contribution < -0.4 is 5.32 Å². The van der Waals surface area contributed by atoms with Gasteiger partial charge in [-0.05, 0) is 24.6 Å². The number of imide groups is 1. The minimum atomic E-state index is -0.735. The first kappa shape index (κ1) is 14.5. The number of rotatable bonds is 2. The molecule has 0 spiro atoms. The third kappa shape index (κ3) is 2.65. The molecule has 1 unspecified atom stereocenters. The Balaban J connectivity index is 2.34. The number of hydrogen-bond donors (Lipinski definition) is 1. The monoisotopic (exact) mass is 298 g/mol. The van der Waals surface area contributed by atoms with Gasteiger partial charge >= 0.3 is 0 Å². The summed E-state index contributed by atoms with van der Waals surface area (Å²) >= 11 is 5.83. The SMILES string of the molecule is CCC1C(=O)NC(=O)CN1C(=O)c1ccc(F)cc1Cl. The highest BCUT2D eigenvalue weighted by molar-refractivity contribution is 6.34. The van der Waals surface area contributed by atoms with Crippen molar-refractivity contribution >= 4 is 29.3 Å². The van der Waals surface area contributed by atoms with E-state index in [1.54, 1.807) is 6.92 Å². The number of carbonyl (C=O) groups is 3. The van der Waals surface area contributed by atoms with Gasteiger partial charge in [-0.2, -0.15) is 0 Å². The molecule has 0 bridgehead atoms. The van der Waals surface area contributed by atoms with Crippen molar-refractivity contribution < 1.29 is 18.8 Å². The van der Waals surface area contributed by atoms with Crippen LogP contribution in [0.5, 0.6) is 0 Å². The molecule has 1 N–H and O–H groups in total. The average molecular weight is 299 g/mol. The first-order valence-electron chi connectivity index (χ1n) is 6.03. The lowest BCUT2D eigenvalue weighted by atomic mass is 10.1. The van der Waals surface area contributed by atoms with Crippen LogP contribution in [0.3, 0.4) is 0 Å². The van der Waals surface area contributed by atoms with E-state index in [4.69, 9.17) is 11.6 Å². The molecule has 0 aromatic heterocycles. The molecule has 0 aliphatic carbocycles. The Kier molecular flexibility index (Phi) is 4.04. The lowest BCUT2D eigenvalue weighted by Crippen LogP contribution is -2.59. The van der Waals surface area contributed by atoms with Gasteiger partial charge in [0.15, 0.2) is 0 Å². The quantitative estimate of drug-likeness (QED) is 0.838.